The van der Waals surface area contributed by atoms with Crippen molar-refractivity contribution in [3.05, 3.63) is 24.3 Å². The fourth-order valence-corrected chi connectivity index (χ4v) is 5.83. The number of nitrogens with zero attached hydrogens (tertiary/aromatic N) is 3. The van der Waals surface area contributed by atoms with Crippen LogP contribution in [0, 0.1) is 0 Å². The zero-order valence-electron chi connectivity index (χ0n) is 15.4. The minimum absolute atomic E-state index is 0.803. The van der Waals surface area contributed by atoms with Crippen LogP contribution in [0.3, 0.4) is 0 Å². The lowest BCUT2D eigenvalue weighted by molar-refractivity contribution is 0.0858. The molecule has 1 aromatic carbocycles. The van der Waals surface area contributed by atoms with Crippen LogP contribution in [0.4, 0.5) is 5.69 Å². The lowest BCUT2D eigenvalue weighted by atomic mass is 10.0. The highest BCUT2D eigenvalue weighted by atomic mass is 32.2. The average Bonchev–Trinajstić information content (AvgIpc) is 3.23. The molecule has 1 atom stereocenters. The summed E-state index contributed by atoms with van der Waals surface area (Å²) in [4.78, 5) is 8.02. The van der Waals surface area contributed by atoms with Crippen LogP contribution in [-0.2, 0) is 0 Å². The van der Waals surface area contributed by atoms with E-state index in [1.54, 1.807) is 7.11 Å². The van der Waals surface area contributed by atoms with Crippen molar-refractivity contribution in [2.24, 2.45) is 0 Å². The van der Waals surface area contributed by atoms with E-state index in [9.17, 15) is 0 Å². The second-order valence-electron chi connectivity index (χ2n) is 7.51. The molecular formula is C20H31N3OS. The van der Waals surface area contributed by atoms with E-state index in [2.05, 4.69) is 44.7 Å². The quantitative estimate of drug-likeness (QED) is 0.819. The summed E-state index contributed by atoms with van der Waals surface area (Å²) in [6.45, 7) is 7.28. The average molecular weight is 362 g/mol. The van der Waals surface area contributed by atoms with E-state index in [0.29, 0.717) is 0 Å². The summed E-state index contributed by atoms with van der Waals surface area (Å²) in [6, 6.07) is 10.2. The standard InChI is InChI=1S/C20H31N3OS/c1-24-20-4-2-3-18(15-20)23-12-10-22(11-13-23)17-5-8-21(9-6-17)19-7-14-25-16-19/h2-4,15,17,19H,5-14,16H2,1H3/t19-/m0/s1. The molecule has 1 aromatic rings. The second-order valence-corrected chi connectivity index (χ2v) is 8.66. The van der Waals surface area contributed by atoms with Crippen molar-refractivity contribution >= 4 is 17.4 Å². The Labute approximate surface area is 156 Å². The van der Waals surface area contributed by atoms with Crippen molar-refractivity contribution < 1.29 is 4.74 Å². The van der Waals surface area contributed by atoms with Crippen molar-refractivity contribution in [3.8, 4) is 5.75 Å². The number of hydrogen-bond acceptors (Lipinski definition) is 5. The van der Waals surface area contributed by atoms with Crippen LogP contribution in [-0.4, -0.2) is 79.8 Å². The van der Waals surface area contributed by atoms with Crippen molar-refractivity contribution in [2.75, 3.05) is 62.8 Å². The van der Waals surface area contributed by atoms with E-state index in [-0.39, 0.29) is 0 Å². The Balaban J connectivity index is 1.26. The summed E-state index contributed by atoms with van der Waals surface area (Å²) < 4.78 is 5.37. The number of hydrogen-bond donors (Lipinski definition) is 0. The van der Waals surface area contributed by atoms with E-state index in [1.807, 2.05) is 6.07 Å². The van der Waals surface area contributed by atoms with Gasteiger partial charge in [0.15, 0.2) is 0 Å². The predicted octanol–water partition coefficient (Wildman–Crippen LogP) is 2.79. The van der Waals surface area contributed by atoms with Crippen molar-refractivity contribution in [3.63, 3.8) is 0 Å². The molecule has 0 amide bonds. The number of piperidine rings is 1. The first kappa shape index (κ1) is 17.5. The summed E-state index contributed by atoms with van der Waals surface area (Å²) in [6.07, 6.45) is 4.13. The molecule has 4 nitrogen and oxygen atoms in total. The minimum Gasteiger partial charge on any atom is -0.497 e. The number of rotatable bonds is 4. The van der Waals surface area contributed by atoms with Crippen LogP contribution in [0.1, 0.15) is 19.3 Å². The van der Waals surface area contributed by atoms with Crippen molar-refractivity contribution in [1.29, 1.82) is 0 Å². The van der Waals surface area contributed by atoms with Gasteiger partial charge < -0.3 is 9.64 Å². The number of benzene rings is 1. The highest BCUT2D eigenvalue weighted by Crippen LogP contribution is 2.28. The van der Waals surface area contributed by atoms with Gasteiger partial charge in [-0.15, -0.1) is 0 Å². The van der Waals surface area contributed by atoms with Crippen LogP contribution in [0.5, 0.6) is 5.75 Å². The third-order valence-corrected chi connectivity index (χ3v) is 7.32. The number of methoxy groups -OCH3 is 1. The van der Waals surface area contributed by atoms with Crippen LogP contribution in [0.25, 0.3) is 0 Å². The Morgan fingerprint density at radius 1 is 0.920 bits per heavy atom. The van der Waals surface area contributed by atoms with Crippen LogP contribution >= 0.6 is 11.8 Å². The summed E-state index contributed by atoms with van der Waals surface area (Å²) in [5, 5.41) is 0. The third kappa shape index (κ3) is 4.09. The molecule has 3 fully saturated rings. The molecule has 0 spiro atoms. The Bertz CT molecular complexity index is 548. The zero-order valence-corrected chi connectivity index (χ0v) is 16.2. The van der Waals surface area contributed by atoms with Gasteiger partial charge in [-0.2, -0.15) is 11.8 Å². The van der Waals surface area contributed by atoms with Gasteiger partial charge in [-0.05, 0) is 50.2 Å². The Morgan fingerprint density at radius 3 is 2.36 bits per heavy atom. The van der Waals surface area contributed by atoms with E-state index in [1.165, 1.54) is 62.6 Å². The lowest BCUT2D eigenvalue weighted by Gasteiger charge is -2.44. The van der Waals surface area contributed by atoms with Crippen molar-refractivity contribution in [1.82, 2.24) is 9.80 Å². The summed E-state index contributed by atoms with van der Waals surface area (Å²) in [5.74, 6) is 3.69. The molecule has 0 aliphatic carbocycles. The molecule has 25 heavy (non-hydrogen) atoms. The first-order valence-corrected chi connectivity index (χ1v) is 10.9. The number of thioether (sulfide) groups is 1. The van der Waals surface area contributed by atoms with E-state index in [4.69, 9.17) is 4.74 Å². The molecule has 4 rings (SSSR count). The van der Waals surface area contributed by atoms with Gasteiger partial charge in [0.2, 0.25) is 0 Å². The molecule has 5 heteroatoms. The maximum Gasteiger partial charge on any atom is 0.120 e. The van der Waals surface area contributed by atoms with Gasteiger partial charge in [0, 0.05) is 55.8 Å². The first-order valence-electron chi connectivity index (χ1n) is 9.78. The molecule has 3 aliphatic heterocycles. The third-order valence-electron chi connectivity index (χ3n) is 6.17. The molecule has 3 saturated heterocycles. The normalized spacial score (nSPS) is 26.9. The molecule has 0 unspecified atom stereocenters. The largest absolute Gasteiger partial charge is 0.497 e. The Kier molecular flexibility index (Phi) is 5.73. The summed E-state index contributed by atoms with van der Waals surface area (Å²) in [7, 11) is 1.74. The van der Waals surface area contributed by atoms with Crippen LogP contribution < -0.4 is 9.64 Å². The topological polar surface area (TPSA) is 19.0 Å². The zero-order chi connectivity index (χ0) is 17.1. The van der Waals surface area contributed by atoms with Crippen LogP contribution in [0.2, 0.25) is 0 Å². The second kappa shape index (κ2) is 8.19. The van der Waals surface area contributed by atoms with E-state index < -0.39 is 0 Å². The predicted molar refractivity (Wildman–Crippen MR) is 107 cm³/mol. The van der Waals surface area contributed by atoms with Gasteiger partial charge in [-0.1, -0.05) is 6.07 Å². The van der Waals surface area contributed by atoms with Gasteiger partial charge >= 0.3 is 0 Å². The molecule has 3 aliphatic rings. The van der Waals surface area contributed by atoms with Gasteiger partial charge in [0.1, 0.15) is 5.75 Å². The minimum atomic E-state index is 0.803. The van der Waals surface area contributed by atoms with Gasteiger partial charge in [0.05, 0.1) is 7.11 Å². The van der Waals surface area contributed by atoms with Gasteiger partial charge in [-0.3, -0.25) is 9.80 Å². The molecular weight excluding hydrogens is 330 g/mol. The highest BCUT2D eigenvalue weighted by molar-refractivity contribution is 7.99. The first-order chi connectivity index (χ1) is 12.3. The molecule has 3 heterocycles. The molecule has 0 aromatic heterocycles. The number of likely N-dealkylation sites (tertiary alicyclic amines) is 1. The summed E-state index contributed by atoms with van der Waals surface area (Å²) in [5.41, 5.74) is 1.30. The Morgan fingerprint density at radius 2 is 1.68 bits per heavy atom. The van der Waals surface area contributed by atoms with Crippen LogP contribution in [0.15, 0.2) is 24.3 Å². The maximum atomic E-state index is 5.37. The van der Waals surface area contributed by atoms with E-state index in [0.717, 1.165) is 30.9 Å². The molecule has 138 valence electrons. The fourth-order valence-electron chi connectivity index (χ4n) is 4.58. The molecule has 0 saturated carbocycles. The maximum absolute atomic E-state index is 5.37. The van der Waals surface area contributed by atoms with Gasteiger partial charge in [0.25, 0.3) is 0 Å². The lowest BCUT2D eigenvalue weighted by Crippen LogP contribution is -2.54. The number of ether oxygens (including phenoxy) is 1. The molecule has 0 N–H and O–H groups in total. The Hall–Kier alpha value is -0.910. The number of anilines is 1. The molecule has 0 radical (unpaired) electrons. The number of piperazine rings is 1. The fraction of sp³-hybridized carbons (Fsp3) is 0.700. The van der Waals surface area contributed by atoms with Crippen molar-refractivity contribution in [2.45, 2.75) is 31.3 Å². The monoisotopic (exact) mass is 361 g/mol. The van der Waals surface area contributed by atoms with Gasteiger partial charge in [-0.25, -0.2) is 0 Å². The smallest absolute Gasteiger partial charge is 0.120 e. The SMILES string of the molecule is COc1cccc(N2CCN(C3CCN([C@H]4CCSC4)CC3)CC2)c1. The molecule has 0 bridgehead atoms. The van der Waals surface area contributed by atoms with E-state index >= 15 is 0 Å². The highest BCUT2D eigenvalue weighted by Gasteiger charge is 2.31. The summed E-state index contributed by atoms with van der Waals surface area (Å²) >= 11 is 2.14.